The standard InChI is InChI=1S/C29H31F3N2O/c30-29(31,32)21-11-5-3-1-2-4-6-12-22-13-7-10-16-27(22)35-24-19-17-23(18-20-24)28-33-25-14-8-9-15-26(25)34-28/h7-10,13-20H,1-6,11-12,21H2,(H,33,34). The van der Waals surface area contributed by atoms with Crippen LogP contribution in [-0.2, 0) is 6.42 Å². The second kappa shape index (κ2) is 11.9. The normalized spacial score (nSPS) is 11.7. The van der Waals surface area contributed by atoms with Gasteiger partial charge in [0.2, 0.25) is 0 Å². The van der Waals surface area contributed by atoms with E-state index in [0.29, 0.717) is 6.42 Å². The van der Waals surface area contributed by atoms with Crippen molar-refractivity contribution in [3.63, 3.8) is 0 Å². The number of aryl methyl sites for hydroxylation is 1. The molecule has 3 nitrogen and oxygen atoms in total. The summed E-state index contributed by atoms with van der Waals surface area (Å²) in [4.78, 5) is 7.99. The molecule has 35 heavy (non-hydrogen) atoms. The Morgan fingerprint density at radius 1 is 0.714 bits per heavy atom. The first-order chi connectivity index (χ1) is 17.0. The quantitative estimate of drug-likeness (QED) is 0.205. The summed E-state index contributed by atoms with van der Waals surface area (Å²) < 4.78 is 42.7. The Labute approximate surface area is 204 Å². The number of hydrogen-bond acceptors (Lipinski definition) is 2. The Balaban J connectivity index is 1.24. The molecule has 0 radical (unpaired) electrons. The number of alkyl halides is 3. The van der Waals surface area contributed by atoms with E-state index in [4.69, 9.17) is 4.74 Å². The number of hydrogen-bond donors (Lipinski definition) is 1. The molecule has 0 amide bonds. The van der Waals surface area contributed by atoms with E-state index < -0.39 is 12.6 Å². The number of aromatic nitrogens is 2. The van der Waals surface area contributed by atoms with Crippen LogP contribution in [0.5, 0.6) is 11.5 Å². The van der Waals surface area contributed by atoms with Crippen LogP contribution in [0.1, 0.15) is 56.9 Å². The molecular weight excluding hydrogens is 449 g/mol. The summed E-state index contributed by atoms with van der Waals surface area (Å²) in [7, 11) is 0. The number of H-pyrrole nitrogens is 1. The number of fused-ring (bicyclic) bond motifs is 1. The van der Waals surface area contributed by atoms with Crippen molar-refractivity contribution in [3.05, 3.63) is 78.4 Å². The first kappa shape index (κ1) is 24.8. The van der Waals surface area contributed by atoms with Gasteiger partial charge in [-0.25, -0.2) is 4.98 Å². The maximum Gasteiger partial charge on any atom is 0.389 e. The van der Waals surface area contributed by atoms with Gasteiger partial charge in [0.05, 0.1) is 11.0 Å². The molecule has 1 N–H and O–H groups in total. The minimum absolute atomic E-state index is 0.244. The maximum atomic E-state index is 12.2. The van der Waals surface area contributed by atoms with Crippen molar-refractivity contribution in [1.82, 2.24) is 9.97 Å². The van der Waals surface area contributed by atoms with Crippen molar-refractivity contribution in [2.24, 2.45) is 0 Å². The number of unbranched alkanes of at least 4 members (excludes halogenated alkanes) is 6. The molecule has 0 aliphatic carbocycles. The highest BCUT2D eigenvalue weighted by Crippen LogP contribution is 2.29. The third kappa shape index (κ3) is 7.61. The summed E-state index contributed by atoms with van der Waals surface area (Å²) in [5.41, 5.74) is 4.12. The molecule has 0 atom stereocenters. The Morgan fingerprint density at radius 2 is 1.37 bits per heavy atom. The lowest BCUT2D eigenvalue weighted by molar-refractivity contribution is -0.135. The predicted octanol–water partition coefficient (Wildman–Crippen LogP) is 9.25. The second-order valence-corrected chi connectivity index (χ2v) is 8.93. The third-order valence-electron chi connectivity index (χ3n) is 6.12. The Kier molecular flexibility index (Phi) is 8.45. The largest absolute Gasteiger partial charge is 0.457 e. The van der Waals surface area contributed by atoms with E-state index in [1.165, 1.54) is 5.56 Å². The fraction of sp³-hybridized carbons (Fsp3) is 0.345. The van der Waals surface area contributed by atoms with Crippen LogP contribution < -0.4 is 4.74 Å². The van der Waals surface area contributed by atoms with Gasteiger partial charge < -0.3 is 9.72 Å². The van der Waals surface area contributed by atoms with Crippen molar-refractivity contribution in [3.8, 4) is 22.9 Å². The van der Waals surface area contributed by atoms with Crippen LogP contribution in [0.2, 0.25) is 0 Å². The lowest BCUT2D eigenvalue weighted by atomic mass is 10.0. The molecule has 1 aromatic heterocycles. The first-order valence-corrected chi connectivity index (χ1v) is 12.4. The molecule has 4 rings (SSSR count). The Bertz CT molecular complexity index is 1170. The van der Waals surface area contributed by atoms with Crippen molar-refractivity contribution < 1.29 is 17.9 Å². The fourth-order valence-corrected chi connectivity index (χ4v) is 4.23. The van der Waals surface area contributed by atoms with Gasteiger partial charge in [0.25, 0.3) is 0 Å². The lowest BCUT2D eigenvalue weighted by Crippen LogP contribution is -2.06. The molecular formula is C29H31F3N2O. The van der Waals surface area contributed by atoms with Crippen molar-refractivity contribution in [1.29, 1.82) is 0 Å². The van der Waals surface area contributed by atoms with Crippen LogP contribution in [0, 0.1) is 0 Å². The van der Waals surface area contributed by atoms with Gasteiger partial charge in [-0.15, -0.1) is 0 Å². The van der Waals surface area contributed by atoms with E-state index in [-0.39, 0.29) is 6.42 Å². The van der Waals surface area contributed by atoms with Crippen LogP contribution in [0.15, 0.2) is 72.8 Å². The van der Waals surface area contributed by atoms with Gasteiger partial charge in [-0.3, -0.25) is 0 Å². The number of nitrogens with one attached hydrogen (secondary N) is 1. The number of ether oxygens (including phenoxy) is 1. The van der Waals surface area contributed by atoms with Crippen molar-refractivity contribution in [2.75, 3.05) is 0 Å². The predicted molar refractivity (Wildman–Crippen MR) is 135 cm³/mol. The van der Waals surface area contributed by atoms with E-state index in [0.717, 1.165) is 72.4 Å². The molecule has 0 fully saturated rings. The number of para-hydroxylation sites is 3. The summed E-state index contributed by atoms with van der Waals surface area (Å²) >= 11 is 0. The first-order valence-electron chi connectivity index (χ1n) is 12.4. The van der Waals surface area contributed by atoms with Crippen LogP contribution in [0.25, 0.3) is 22.4 Å². The highest BCUT2D eigenvalue weighted by atomic mass is 19.4. The molecule has 0 bridgehead atoms. The number of nitrogens with zero attached hydrogens (tertiary/aromatic N) is 1. The smallest absolute Gasteiger partial charge is 0.389 e. The number of aromatic amines is 1. The number of benzene rings is 3. The summed E-state index contributed by atoms with van der Waals surface area (Å²) in [5.74, 6) is 2.46. The van der Waals surface area contributed by atoms with Crippen LogP contribution in [0.4, 0.5) is 13.2 Å². The van der Waals surface area contributed by atoms with Crippen molar-refractivity contribution >= 4 is 11.0 Å². The highest BCUT2D eigenvalue weighted by molar-refractivity contribution is 5.79. The van der Waals surface area contributed by atoms with E-state index in [1.54, 1.807) is 0 Å². The van der Waals surface area contributed by atoms with Gasteiger partial charge in [0.1, 0.15) is 17.3 Å². The minimum atomic E-state index is -4.02. The van der Waals surface area contributed by atoms with Crippen LogP contribution in [0.3, 0.4) is 0 Å². The molecule has 0 saturated heterocycles. The van der Waals surface area contributed by atoms with E-state index in [1.807, 2.05) is 66.7 Å². The average Bonchev–Trinajstić information content (AvgIpc) is 3.28. The summed E-state index contributed by atoms with van der Waals surface area (Å²) in [6, 6.07) is 24.0. The topological polar surface area (TPSA) is 37.9 Å². The van der Waals surface area contributed by atoms with Gasteiger partial charge in [-0.05, 0) is 67.3 Å². The average molecular weight is 481 g/mol. The monoisotopic (exact) mass is 480 g/mol. The molecule has 1 heterocycles. The number of halogens is 3. The van der Waals surface area contributed by atoms with E-state index in [2.05, 4.69) is 16.0 Å². The Morgan fingerprint density at radius 3 is 2.11 bits per heavy atom. The zero-order chi connectivity index (χ0) is 24.5. The van der Waals surface area contributed by atoms with Crippen LogP contribution in [-0.4, -0.2) is 16.1 Å². The number of rotatable bonds is 12. The SMILES string of the molecule is FC(F)(F)CCCCCCCCCc1ccccc1Oc1ccc(-c2nc3ccccc3[nH]2)cc1. The molecule has 0 saturated carbocycles. The zero-order valence-electron chi connectivity index (χ0n) is 19.8. The molecule has 6 heteroatoms. The van der Waals surface area contributed by atoms with Crippen molar-refractivity contribution in [2.45, 2.75) is 64.0 Å². The summed E-state index contributed by atoms with van der Waals surface area (Å²) in [5, 5.41) is 0. The van der Waals surface area contributed by atoms with Gasteiger partial charge in [-0.1, -0.05) is 62.4 Å². The van der Waals surface area contributed by atoms with Gasteiger partial charge in [0, 0.05) is 12.0 Å². The highest BCUT2D eigenvalue weighted by Gasteiger charge is 2.25. The van der Waals surface area contributed by atoms with Crippen LogP contribution >= 0.6 is 0 Å². The minimum Gasteiger partial charge on any atom is -0.457 e. The molecule has 0 aliphatic rings. The third-order valence-corrected chi connectivity index (χ3v) is 6.12. The lowest BCUT2D eigenvalue weighted by Gasteiger charge is -2.11. The van der Waals surface area contributed by atoms with Gasteiger partial charge in [-0.2, -0.15) is 13.2 Å². The zero-order valence-corrected chi connectivity index (χ0v) is 19.8. The second-order valence-electron chi connectivity index (χ2n) is 8.93. The fourth-order valence-electron chi connectivity index (χ4n) is 4.23. The molecule has 0 unspecified atom stereocenters. The van der Waals surface area contributed by atoms with E-state index >= 15 is 0 Å². The molecule has 4 aromatic rings. The summed E-state index contributed by atoms with van der Waals surface area (Å²) in [6.07, 6.45) is 2.16. The molecule has 0 aliphatic heterocycles. The van der Waals surface area contributed by atoms with E-state index in [9.17, 15) is 13.2 Å². The van der Waals surface area contributed by atoms with Gasteiger partial charge >= 0.3 is 6.18 Å². The Hall–Kier alpha value is -3.28. The molecule has 0 spiro atoms. The molecule has 184 valence electrons. The molecule has 3 aromatic carbocycles. The maximum absolute atomic E-state index is 12.2. The summed E-state index contributed by atoms with van der Waals surface area (Å²) in [6.45, 7) is 0. The number of imidazole rings is 1. The van der Waals surface area contributed by atoms with Gasteiger partial charge in [0.15, 0.2) is 0 Å².